The van der Waals surface area contributed by atoms with E-state index < -0.39 is 12.2 Å². The van der Waals surface area contributed by atoms with Crippen LogP contribution >= 0.6 is 75.9 Å². The van der Waals surface area contributed by atoms with Gasteiger partial charge in [0.1, 0.15) is 0 Å². The summed E-state index contributed by atoms with van der Waals surface area (Å²) in [4.78, 5) is 23.6. The third-order valence-electron chi connectivity index (χ3n) is 3.21. The second kappa shape index (κ2) is 12.4. The number of carbonyl (C=O) groups excluding carboxylic acids is 2. The van der Waals surface area contributed by atoms with Gasteiger partial charge in [-0.15, -0.1) is 0 Å². The summed E-state index contributed by atoms with van der Waals surface area (Å²) in [6.07, 6.45) is -1.33. The molecule has 13 heteroatoms. The highest BCUT2D eigenvalue weighted by Crippen LogP contribution is 2.27. The zero-order valence-corrected chi connectivity index (χ0v) is 22.1. The number of halogens is 4. The van der Waals surface area contributed by atoms with Crippen LogP contribution in [0.3, 0.4) is 0 Å². The molecule has 2 aromatic carbocycles. The minimum Gasteiger partial charge on any atom is -0.428 e. The van der Waals surface area contributed by atoms with Gasteiger partial charge in [-0.05, 0) is 80.5 Å². The Balaban J connectivity index is 1.62. The summed E-state index contributed by atoms with van der Waals surface area (Å²) in [5.41, 5.74) is 1.11. The van der Waals surface area contributed by atoms with Crippen molar-refractivity contribution >= 4 is 105 Å². The molecule has 2 rings (SSSR count). The minimum atomic E-state index is -0.663. The first kappa shape index (κ1) is 24.9. The van der Waals surface area contributed by atoms with Gasteiger partial charge in [-0.3, -0.25) is 10.6 Å². The summed E-state index contributed by atoms with van der Waals surface area (Å²) >= 11 is 18.3. The summed E-state index contributed by atoms with van der Waals surface area (Å²) in [5, 5.41) is 10.6. The summed E-state index contributed by atoms with van der Waals surface area (Å²) in [6, 6.07) is 10.6. The Bertz CT molecular complexity index is 874. The van der Waals surface area contributed by atoms with Crippen molar-refractivity contribution in [3.8, 4) is 0 Å². The van der Waals surface area contributed by atoms with Crippen molar-refractivity contribution in [2.75, 3.05) is 24.1 Å². The average Bonchev–Trinajstić information content (AvgIpc) is 2.66. The number of hydrogen-bond acceptors (Lipinski definition) is 5. The molecule has 4 N–H and O–H groups in total. The van der Waals surface area contributed by atoms with E-state index in [-0.39, 0.29) is 18.6 Å². The zero-order valence-electron chi connectivity index (χ0n) is 14.9. The summed E-state index contributed by atoms with van der Waals surface area (Å²) in [5.74, 6) is 0. The molecule has 0 heterocycles. The Morgan fingerprint density at radius 2 is 1.17 bits per heavy atom. The fourth-order valence-corrected chi connectivity index (χ4v) is 4.28. The maximum absolute atomic E-state index is 11.8. The molecule has 0 spiro atoms. The van der Waals surface area contributed by atoms with E-state index in [0.29, 0.717) is 20.3 Å². The molecule has 0 aliphatic rings. The van der Waals surface area contributed by atoms with Gasteiger partial charge in [0.15, 0.2) is 18.6 Å². The van der Waals surface area contributed by atoms with Crippen LogP contribution in [0.5, 0.6) is 0 Å². The molecule has 2 aromatic rings. The van der Waals surface area contributed by atoms with Gasteiger partial charge in [-0.1, -0.05) is 31.9 Å². The number of rotatable bonds is 6. The SMILES string of the molecule is O=C(Nc1ccc(Br)cc1Br)OCNC(=S)NCOC(=O)Nc1ccc(Br)cc1Br. The first-order chi connectivity index (χ1) is 14.2. The molecule has 0 aliphatic heterocycles. The van der Waals surface area contributed by atoms with Gasteiger partial charge >= 0.3 is 12.2 Å². The fourth-order valence-electron chi connectivity index (χ4n) is 1.87. The quantitative estimate of drug-likeness (QED) is 0.221. The highest BCUT2D eigenvalue weighted by Gasteiger charge is 2.09. The second-order valence-electron chi connectivity index (χ2n) is 5.33. The lowest BCUT2D eigenvalue weighted by atomic mass is 10.3. The molecule has 8 nitrogen and oxygen atoms in total. The molecule has 0 atom stereocenters. The molecule has 0 unspecified atom stereocenters. The molecular weight excluding hydrogens is 676 g/mol. The van der Waals surface area contributed by atoms with Gasteiger partial charge in [-0.25, -0.2) is 9.59 Å². The molecule has 160 valence electrons. The van der Waals surface area contributed by atoms with E-state index in [1.165, 1.54) is 0 Å². The van der Waals surface area contributed by atoms with Crippen LogP contribution in [0.1, 0.15) is 0 Å². The van der Waals surface area contributed by atoms with Crippen LogP contribution in [-0.2, 0) is 9.47 Å². The molecule has 0 fully saturated rings. The van der Waals surface area contributed by atoms with Gasteiger partial charge in [-0.2, -0.15) is 0 Å². The lowest BCUT2D eigenvalue weighted by molar-refractivity contribution is 0.155. The largest absolute Gasteiger partial charge is 0.428 e. The molecule has 0 aromatic heterocycles. The van der Waals surface area contributed by atoms with Crippen LogP contribution in [0.15, 0.2) is 54.3 Å². The average molecular weight is 690 g/mol. The molecule has 0 saturated heterocycles. The number of carbonyl (C=O) groups is 2. The Morgan fingerprint density at radius 1 is 0.767 bits per heavy atom. The van der Waals surface area contributed by atoms with Crippen molar-refractivity contribution in [1.82, 2.24) is 10.6 Å². The summed E-state index contributed by atoms with van der Waals surface area (Å²) < 4.78 is 13.1. The minimum absolute atomic E-state index is 0.144. The fraction of sp³-hybridized carbons (Fsp3) is 0.118. The Kier molecular flexibility index (Phi) is 10.3. The lowest BCUT2D eigenvalue weighted by Gasteiger charge is -2.13. The first-order valence-corrected chi connectivity index (χ1v) is 11.6. The van der Waals surface area contributed by atoms with Gasteiger partial charge in [0.2, 0.25) is 0 Å². The van der Waals surface area contributed by atoms with Gasteiger partial charge in [0.25, 0.3) is 0 Å². The van der Waals surface area contributed by atoms with Crippen molar-refractivity contribution in [2.45, 2.75) is 0 Å². The smallest absolute Gasteiger partial charge is 0.413 e. The lowest BCUT2D eigenvalue weighted by Crippen LogP contribution is -2.39. The van der Waals surface area contributed by atoms with Gasteiger partial charge < -0.3 is 20.1 Å². The maximum atomic E-state index is 11.8. The Morgan fingerprint density at radius 3 is 1.53 bits per heavy atom. The third-order valence-corrected chi connectivity index (χ3v) is 5.80. The van der Waals surface area contributed by atoms with Crippen molar-refractivity contribution in [1.29, 1.82) is 0 Å². The van der Waals surface area contributed by atoms with Gasteiger partial charge in [0.05, 0.1) is 11.4 Å². The van der Waals surface area contributed by atoms with Gasteiger partial charge in [0, 0.05) is 17.9 Å². The van der Waals surface area contributed by atoms with Crippen LogP contribution in [0.4, 0.5) is 21.0 Å². The predicted octanol–water partition coefficient (Wildman–Crippen LogP) is 5.91. The van der Waals surface area contributed by atoms with Crippen LogP contribution in [0.2, 0.25) is 0 Å². The van der Waals surface area contributed by atoms with Crippen molar-refractivity contribution in [3.05, 3.63) is 54.3 Å². The molecule has 0 radical (unpaired) electrons. The van der Waals surface area contributed by atoms with Crippen molar-refractivity contribution in [2.24, 2.45) is 0 Å². The number of anilines is 2. The number of ether oxygens (including phenoxy) is 2. The van der Waals surface area contributed by atoms with E-state index in [0.717, 1.165) is 8.95 Å². The predicted molar refractivity (Wildman–Crippen MR) is 132 cm³/mol. The van der Waals surface area contributed by atoms with E-state index in [2.05, 4.69) is 85.0 Å². The monoisotopic (exact) mass is 686 g/mol. The highest BCUT2D eigenvalue weighted by atomic mass is 79.9. The van der Waals surface area contributed by atoms with Crippen LogP contribution < -0.4 is 21.3 Å². The summed E-state index contributed by atoms with van der Waals surface area (Å²) in [7, 11) is 0. The highest BCUT2D eigenvalue weighted by molar-refractivity contribution is 9.11. The first-order valence-electron chi connectivity index (χ1n) is 8.04. The summed E-state index contributed by atoms with van der Waals surface area (Å²) in [6.45, 7) is -0.353. The number of nitrogens with one attached hydrogen (secondary N) is 4. The van der Waals surface area contributed by atoms with E-state index >= 15 is 0 Å². The Labute approximate surface area is 211 Å². The molecule has 30 heavy (non-hydrogen) atoms. The zero-order chi connectivity index (χ0) is 22.1. The standard InChI is InChI=1S/C17H14Br4N4O4S/c18-9-1-3-13(11(20)5-9)24-16(26)28-7-22-15(30)23-8-29-17(27)25-14-4-2-10(19)6-12(14)21/h1-6H,7-8H2,(H,24,26)(H,25,27)(H2,22,23,30). The van der Waals surface area contributed by atoms with E-state index in [4.69, 9.17) is 21.7 Å². The van der Waals surface area contributed by atoms with Crippen LogP contribution in [-0.4, -0.2) is 30.8 Å². The van der Waals surface area contributed by atoms with E-state index in [1.807, 2.05) is 0 Å². The topological polar surface area (TPSA) is 101 Å². The number of hydrogen-bond donors (Lipinski definition) is 4. The second-order valence-corrected chi connectivity index (χ2v) is 9.28. The number of benzene rings is 2. The molecule has 0 saturated carbocycles. The van der Waals surface area contributed by atoms with E-state index in [9.17, 15) is 9.59 Å². The number of thiocarbonyl (C=S) groups is 1. The van der Waals surface area contributed by atoms with Crippen LogP contribution in [0.25, 0.3) is 0 Å². The van der Waals surface area contributed by atoms with Crippen molar-refractivity contribution in [3.63, 3.8) is 0 Å². The maximum Gasteiger partial charge on any atom is 0.413 e. The Hall–Kier alpha value is -1.41. The molecule has 0 bridgehead atoms. The van der Waals surface area contributed by atoms with E-state index in [1.54, 1.807) is 36.4 Å². The molecular formula is C17H14Br4N4O4S. The third kappa shape index (κ3) is 8.76. The molecule has 0 aliphatic carbocycles. The number of amides is 2. The normalized spacial score (nSPS) is 10.0. The van der Waals surface area contributed by atoms with Crippen molar-refractivity contribution < 1.29 is 19.1 Å². The molecule has 2 amide bonds. The van der Waals surface area contributed by atoms with Crippen LogP contribution in [0, 0.1) is 0 Å².